The molecule has 5 heteroatoms. The van der Waals surface area contributed by atoms with Crippen molar-refractivity contribution in [2.24, 2.45) is 11.7 Å². The molecule has 3 N–H and O–H groups in total. The first-order valence-electron chi connectivity index (χ1n) is 7.65. The fourth-order valence-corrected chi connectivity index (χ4v) is 4.04. The van der Waals surface area contributed by atoms with Crippen molar-refractivity contribution in [1.82, 2.24) is 5.32 Å². The van der Waals surface area contributed by atoms with Crippen molar-refractivity contribution in [2.45, 2.75) is 58.4 Å². The number of aryl methyl sites for hydroxylation is 1. The SMILES string of the molecule is CCC(CC)(NC(=O)c1cc2c(s1)CCC(C)C2)C(N)=O. The molecule has 1 aliphatic rings. The van der Waals surface area contributed by atoms with Crippen molar-refractivity contribution >= 4 is 23.2 Å². The molecule has 0 bridgehead atoms. The Labute approximate surface area is 130 Å². The molecule has 1 heterocycles. The predicted molar refractivity (Wildman–Crippen MR) is 85.5 cm³/mol. The third-order valence-corrected chi connectivity index (χ3v) is 5.82. The largest absolute Gasteiger partial charge is 0.368 e. The molecule has 2 rings (SSSR count). The molecule has 0 saturated heterocycles. The van der Waals surface area contributed by atoms with E-state index in [1.807, 2.05) is 19.9 Å². The number of carbonyl (C=O) groups is 2. The Morgan fingerprint density at radius 3 is 2.67 bits per heavy atom. The maximum Gasteiger partial charge on any atom is 0.262 e. The molecule has 0 saturated carbocycles. The van der Waals surface area contributed by atoms with E-state index >= 15 is 0 Å². The Balaban J connectivity index is 2.19. The van der Waals surface area contributed by atoms with Crippen LogP contribution < -0.4 is 11.1 Å². The number of hydrogen-bond donors (Lipinski definition) is 2. The van der Waals surface area contributed by atoms with Gasteiger partial charge in [-0.3, -0.25) is 9.59 Å². The van der Waals surface area contributed by atoms with Crippen LogP contribution in [0.4, 0.5) is 0 Å². The fourth-order valence-electron chi connectivity index (χ4n) is 2.93. The van der Waals surface area contributed by atoms with Gasteiger partial charge >= 0.3 is 0 Å². The van der Waals surface area contributed by atoms with Gasteiger partial charge in [-0.1, -0.05) is 20.8 Å². The van der Waals surface area contributed by atoms with E-state index in [0.717, 1.165) is 12.8 Å². The minimum Gasteiger partial charge on any atom is -0.368 e. The molecule has 1 atom stereocenters. The van der Waals surface area contributed by atoms with E-state index in [-0.39, 0.29) is 5.91 Å². The van der Waals surface area contributed by atoms with Gasteiger partial charge in [0.05, 0.1) is 4.88 Å². The van der Waals surface area contributed by atoms with Gasteiger partial charge in [0.2, 0.25) is 5.91 Å². The van der Waals surface area contributed by atoms with Gasteiger partial charge in [0, 0.05) is 4.88 Å². The average Bonchev–Trinajstić information content (AvgIpc) is 2.87. The van der Waals surface area contributed by atoms with Crippen molar-refractivity contribution in [2.75, 3.05) is 0 Å². The van der Waals surface area contributed by atoms with E-state index in [0.29, 0.717) is 23.6 Å². The first kappa shape index (κ1) is 16.0. The van der Waals surface area contributed by atoms with Crippen LogP contribution in [0.15, 0.2) is 6.07 Å². The van der Waals surface area contributed by atoms with Gasteiger partial charge in [-0.05, 0) is 49.7 Å². The number of amides is 2. The van der Waals surface area contributed by atoms with Crippen LogP contribution in [-0.2, 0) is 17.6 Å². The summed E-state index contributed by atoms with van der Waals surface area (Å²) in [6.45, 7) is 5.98. The molecule has 2 amide bonds. The van der Waals surface area contributed by atoms with Gasteiger partial charge in [-0.15, -0.1) is 11.3 Å². The first-order valence-corrected chi connectivity index (χ1v) is 8.47. The molecule has 1 aromatic heterocycles. The second kappa shape index (κ2) is 6.18. The van der Waals surface area contributed by atoms with Crippen molar-refractivity contribution in [3.05, 3.63) is 21.4 Å². The van der Waals surface area contributed by atoms with E-state index in [2.05, 4.69) is 12.2 Å². The lowest BCUT2D eigenvalue weighted by atomic mass is 9.90. The third kappa shape index (κ3) is 3.12. The maximum absolute atomic E-state index is 12.5. The molecule has 0 spiro atoms. The lowest BCUT2D eigenvalue weighted by Gasteiger charge is -2.28. The summed E-state index contributed by atoms with van der Waals surface area (Å²) in [5.74, 6) is 0.0411. The van der Waals surface area contributed by atoms with Crippen LogP contribution in [0, 0.1) is 5.92 Å². The minimum atomic E-state index is -0.936. The summed E-state index contributed by atoms with van der Waals surface area (Å²) in [6, 6.07) is 1.99. The van der Waals surface area contributed by atoms with E-state index in [4.69, 9.17) is 5.73 Å². The Morgan fingerprint density at radius 2 is 2.10 bits per heavy atom. The highest BCUT2D eigenvalue weighted by molar-refractivity contribution is 7.14. The lowest BCUT2D eigenvalue weighted by molar-refractivity contribution is -0.124. The van der Waals surface area contributed by atoms with Gasteiger partial charge in [0.1, 0.15) is 5.54 Å². The Bertz CT molecular complexity index is 546. The van der Waals surface area contributed by atoms with Gasteiger partial charge in [0.15, 0.2) is 0 Å². The molecular weight excluding hydrogens is 284 g/mol. The molecule has 1 unspecified atom stereocenters. The molecule has 116 valence electrons. The fraction of sp³-hybridized carbons (Fsp3) is 0.625. The summed E-state index contributed by atoms with van der Waals surface area (Å²) in [4.78, 5) is 26.2. The summed E-state index contributed by atoms with van der Waals surface area (Å²) in [5.41, 5.74) is 5.84. The molecule has 1 aliphatic carbocycles. The Morgan fingerprint density at radius 1 is 1.43 bits per heavy atom. The van der Waals surface area contributed by atoms with Crippen LogP contribution in [0.5, 0.6) is 0 Å². The number of carbonyl (C=O) groups excluding carboxylic acids is 2. The minimum absolute atomic E-state index is 0.176. The molecule has 0 aliphatic heterocycles. The van der Waals surface area contributed by atoms with Gasteiger partial charge in [-0.2, -0.15) is 0 Å². The summed E-state index contributed by atoms with van der Waals surface area (Å²) >= 11 is 1.55. The molecular formula is C16H24N2O2S. The summed E-state index contributed by atoms with van der Waals surface area (Å²) in [6.07, 6.45) is 4.29. The predicted octanol–water partition coefficient (Wildman–Crippen LogP) is 2.65. The van der Waals surface area contributed by atoms with Crippen LogP contribution in [0.1, 0.15) is 60.1 Å². The quantitative estimate of drug-likeness (QED) is 0.877. The number of thiophene rings is 1. The molecule has 4 nitrogen and oxygen atoms in total. The zero-order valence-electron chi connectivity index (χ0n) is 13.0. The van der Waals surface area contributed by atoms with Crippen molar-refractivity contribution < 1.29 is 9.59 Å². The number of nitrogens with two attached hydrogens (primary N) is 1. The molecule has 21 heavy (non-hydrogen) atoms. The molecule has 0 radical (unpaired) electrons. The van der Waals surface area contributed by atoms with E-state index in [9.17, 15) is 9.59 Å². The Kier molecular flexibility index (Phi) is 4.71. The van der Waals surface area contributed by atoms with Crippen molar-refractivity contribution in [3.8, 4) is 0 Å². The number of hydrogen-bond acceptors (Lipinski definition) is 3. The third-order valence-electron chi connectivity index (χ3n) is 4.58. The number of primary amides is 1. The van der Waals surface area contributed by atoms with Crippen LogP contribution >= 0.6 is 11.3 Å². The summed E-state index contributed by atoms with van der Waals surface area (Å²) < 4.78 is 0. The zero-order chi connectivity index (χ0) is 15.6. The van der Waals surface area contributed by atoms with Gasteiger partial charge < -0.3 is 11.1 Å². The zero-order valence-corrected chi connectivity index (χ0v) is 13.8. The Hall–Kier alpha value is -1.36. The van der Waals surface area contributed by atoms with E-state index in [1.165, 1.54) is 16.9 Å². The number of fused-ring (bicyclic) bond motifs is 1. The normalized spacial score (nSPS) is 18.1. The lowest BCUT2D eigenvalue weighted by Crippen LogP contribution is -2.56. The maximum atomic E-state index is 12.5. The summed E-state index contributed by atoms with van der Waals surface area (Å²) in [7, 11) is 0. The highest BCUT2D eigenvalue weighted by Crippen LogP contribution is 2.32. The summed E-state index contributed by atoms with van der Waals surface area (Å²) in [5, 5.41) is 2.86. The number of nitrogens with one attached hydrogen (secondary N) is 1. The first-order chi connectivity index (χ1) is 9.91. The van der Waals surface area contributed by atoms with Crippen molar-refractivity contribution in [3.63, 3.8) is 0 Å². The molecule has 0 fully saturated rings. The van der Waals surface area contributed by atoms with Crippen LogP contribution in [0.2, 0.25) is 0 Å². The van der Waals surface area contributed by atoms with E-state index < -0.39 is 11.4 Å². The standard InChI is InChI=1S/C16H24N2O2S/c1-4-16(5-2,15(17)20)18-14(19)13-9-11-8-10(3)6-7-12(11)21-13/h9-10H,4-8H2,1-3H3,(H2,17,20)(H,18,19). The second-order valence-corrected chi connectivity index (χ2v) is 7.15. The van der Waals surface area contributed by atoms with E-state index in [1.54, 1.807) is 11.3 Å². The topological polar surface area (TPSA) is 72.2 Å². The average molecular weight is 308 g/mol. The van der Waals surface area contributed by atoms with Crippen LogP contribution in [0.25, 0.3) is 0 Å². The van der Waals surface area contributed by atoms with Gasteiger partial charge in [-0.25, -0.2) is 0 Å². The molecule has 1 aromatic rings. The molecule has 0 aromatic carbocycles. The highest BCUT2D eigenvalue weighted by atomic mass is 32.1. The van der Waals surface area contributed by atoms with Crippen LogP contribution in [-0.4, -0.2) is 17.4 Å². The van der Waals surface area contributed by atoms with Crippen molar-refractivity contribution in [1.29, 1.82) is 0 Å². The second-order valence-electron chi connectivity index (χ2n) is 6.01. The highest BCUT2D eigenvalue weighted by Gasteiger charge is 2.35. The van der Waals surface area contributed by atoms with Gasteiger partial charge in [0.25, 0.3) is 5.91 Å². The van der Waals surface area contributed by atoms with Crippen LogP contribution in [0.3, 0.4) is 0 Å². The monoisotopic (exact) mass is 308 g/mol. The smallest absolute Gasteiger partial charge is 0.262 e. The number of rotatable bonds is 5.